The molecule has 0 N–H and O–H groups in total. The molecule has 212 valence electrons. The molecule has 0 fully saturated rings. The monoisotopic (exact) mass is 587 g/mol. The van der Waals surface area contributed by atoms with Gasteiger partial charge in [0.05, 0.1) is 29.1 Å². The fourth-order valence-corrected chi connectivity index (χ4v) is 5.19. The summed E-state index contributed by atoms with van der Waals surface area (Å²) in [5, 5.41) is 4.37. The zero-order valence-corrected chi connectivity index (χ0v) is 24.1. The van der Waals surface area contributed by atoms with Crippen molar-refractivity contribution in [1.29, 1.82) is 0 Å². The molecule has 0 aliphatic carbocycles. The predicted molar refractivity (Wildman–Crippen MR) is 150 cm³/mol. The normalized spacial score (nSPS) is 14.0. The fourth-order valence-electron chi connectivity index (χ4n) is 4.21. The van der Waals surface area contributed by atoms with E-state index < -0.39 is 33.5 Å². The average molecular weight is 588 g/mol. The standard InChI is InChI=1S/C27H30ClN5O6S/c1-27(2,3)39-26(36)33(40(4,37)38)15-14-30-17-19-8-5-6-9-23(19)31(18-24(30)34)25(35)21-11-10-20(16-22(21)28)32-13-7-12-29-32/h5-13,16H,14-15,17-18H2,1-4H3. The maximum atomic E-state index is 13.7. The van der Waals surface area contributed by atoms with Crippen LogP contribution in [0.1, 0.15) is 36.7 Å². The van der Waals surface area contributed by atoms with Crippen LogP contribution in [0.4, 0.5) is 10.5 Å². The number of sulfonamides is 1. The fraction of sp³-hybridized carbons (Fsp3) is 0.333. The van der Waals surface area contributed by atoms with Crippen molar-refractivity contribution in [2.24, 2.45) is 0 Å². The second-order valence-corrected chi connectivity index (χ2v) is 12.6. The lowest BCUT2D eigenvalue weighted by atomic mass is 10.1. The Morgan fingerprint density at radius 2 is 1.82 bits per heavy atom. The van der Waals surface area contributed by atoms with Crippen LogP contribution in [0.2, 0.25) is 5.02 Å². The molecule has 2 aromatic carbocycles. The Morgan fingerprint density at radius 1 is 1.10 bits per heavy atom. The van der Waals surface area contributed by atoms with Crippen molar-refractivity contribution in [2.75, 3.05) is 30.8 Å². The van der Waals surface area contributed by atoms with E-state index in [0.29, 0.717) is 21.2 Å². The first kappa shape index (κ1) is 29.1. The van der Waals surface area contributed by atoms with Crippen molar-refractivity contribution in [3.63, 3.8) is 0 Å². The SMILES string of the molecule is CC(C)(C)OC(=O)N(CCN1Cc2ccccc2N(C(=O)c2ccc(-n3cccn3)cc2Cl)CC1=O)S(C)(=O)=O. The van der Waals surface area contributed by atoms with E-state index in [1.165, 1.54) is 9.80 Å². The number of rotatable bonds is 6. The Balaban J connectivity index is 1.58. The molecular weight excluding hydrogens is 558 g/mol. The van der Waals surface area contributed by atoms with Gasteiger partial charge in [0.1, 0.15) is 12.1 Å². The minimum absolute atomic E-state index is 0.0964. The number of halogens is 1. The van der Waals surface area contributed by atoms with Crippen LogP contribution in [-0.4, -0.2) is 76.8 Å². The molecule has 1 aromatic heterocycles. The van der Waals surface area contributed by atoms with Crippen LogP contribution in [0, 0.1) is 0 Å². The number of nitrogens with zero attached hydrogens (tertiary/aromatic N) is 5. The Kier molecular flexibility index (Phi) is 8.22. The minimum atomic E-state index is -3.97. The summed E-state index contributed by atoms with van der Waals surface area (Å²) >= 11 is 6.51. The average Bonchev–Trinajstić information content (AvgIpc) is 3.35. The highest BCUT2D eigenvalue weighted by molar-refractivity contribution is 7.88. The summed E-state index contributed by atoms with van der Waals surface area (Å²) in [6, 6.07) is 13.7. The van der Waals surface area contributed by atoms with E-state index in [9.17, 15) is 22.8 Å². The van der Waals surface area contributed by atoms with E-state index in [1.54, 1.807) is 86.4 Å². The Hall–Kier alpha value is -3.90. The maximum Gasteiger partial charge on any atom is 0.424 e. The van der Waals surface area contributed by atoms with E-state index in [2.05, 4.69) is 5.10 Å². The van der Waals surface area contributed by atoms with Crippen LogP contribution in [0.15, 0.2) is 60.9 Å². The predicted octanol–water partition coefficient (Wildman–Crippen LogP) is 3.71. The van der Waals surface area contributed by atoms with Gasteiger partial charge in [0.25, 0.3) is 5.91 Å². The molecule has 40 heavy (non-hydrogen) atoms. The second kappa shape index (κ2) is 11.3. The van der Waals surface area contributed by atoms with Crippen LogP contribution >= 0.6 is 11.6 Å². The van der Waals surface area contributed by atoms with Gasteiger partial charge < -0.3 is 9.64 Å². The highest BCUT2D eigenvalue weighted by atomic mass is 35.5. The van der Waals surface area contributed by atoms with Gasteiger partial charge in [-0.1, -0.05) is 29.8 Å². The Labute approximate surface area is 237 Å². The molecule has 0 bridgehead atoms. The molecule has 1 aliphatic rings. The second-order valence-electron chi connectivity index (χ2n) is 10.3. The smallest absolute Gasteiger partial charge is 0.424 e. The number of para-hydroxylation sites is 1. The first-order chi connectivity index (χ1) is 18.7. The van der Waals surface area contributed by atoms with Crippen LogP contribution in [0.5, 0.6) is 0 Å². The molecule has 13 heteroatoms. The van der Waals surface area contributed by atoms with Crippen LogP contribution in [0.25, 0.3) is 5.69 Å². The highest BCUT2D eigenvalue weighted by Gasteiger charge is 2.33. The summed E-state index contributed by atoms with van der Waals surface area (Å²) < 4.78 is 32.2. The van der Waals surface area contributed by atoms with Gasteiger partial charge in [-0.3, -0.25) is 14.5 Å². The van der Waals surface area contributed by atoms with Gasteiger partial charge in [0.15, 0.2) is 0 Å². The molecule has 3 aromatic rings. The minimum Gasteiger partial charge on any atom is -0.443 e. The number of benzene rings is 2. The van der Waals surface area contributed by atoms with E-state index in [-0.39, 0.29) is 36.8 Å². The molecule has 0 radical (unpaired) electrons. The summed E-state index contributed by atoms with van der Waals surface area (Å²) in [5.74, 6) is -0.891. The quantitative estimate of drug-likeness (QED) is 0.431. The largest absolute Gasteiger partial charge is 0.443 e. The summed E-state index contributed by atoms with van der Waals surface area (Å²) in [4.78, 5) is 42.5. The number of fused-ring (bicyclic) bond motifs is 1. The molecule has 11 nitrogen and oxygen atoms in total. The number of ether oxygens (including phenoxy) is 1. The topological polar surface area (TPSA) is 122 Å². The van der Waals surface area contributed by atoms with Crippen molar-refractivity contribution in [3.8, 4) is 5.69 Å². The molecule has 2 heterocycles. The molecule has 0 unspecified atom stereocenters. The van der Waals surface area contributed by atoms with Crippen molar-refractivity contribution >= 4 is 45.2 Å². The van der Waals surface area contributed by atoms with Gasteiger partial charge >= 0.3 is 6.09 Å². The van der Waals surface area contributed by atoms with Crippen molar-refractivity contribution in [2.45, 2.75) is 32.9 Å². The van der Waals surface area contributed by atoms with Crippen molar-refractivity contribution in [3.05, 3.63) is 77.1 Å². The molecule has 4 rings (SSSR count). The van der Waals surface area contributed by atoms with Crippen molar-refractivity contribution < 1.29 is 27.5 Å². The first-order valence-corrected chi connectivity index (χ1v) is 14.6. The van der Waals surface area contributed by atoms with Gasteiger partial charge in [0, 0.05) is 31.2 Å². The number of hydrogen-bond donors (Lipinski definition) is 0. The van der Waals surface area contributed by atoms with Gasteiger partial charge in [-0.25, -0.2) is 22.2 Å². The lowest BCUT2D eigenvalue weighted by Crippen LogP contribution is -2.46. The third-order valence-corrected chi connectivity index (χ3v) is 7.50. The van der Waals surface area contributed by atoms with Crippen LogP contribution in [-0.2, 0) is 26.1 Å². The zero-order valence-electron chi connectivity index (χ0n) is 22.6. The van der Waals surface area contributed by atoms with E-state index in [4.69, 9.17) is 16.3 Å². The first-order valence-electron chi connectivity index (χ1n) is 12.4. The molecule has 0 spiro atoms. The lowest BCUT2D eigenvalue weighted by Gasteiger charge is -2.28. The molecule has 0 saturated heterocycles. The number of anilines is 1. The summed E-state index contributed by atoms with van der Waals surface area (Å²) in [6.07, 6.45) is 3.25. The van der Waals surface area contributed by atoms with Gasteiger partial charge in [-0.2, -0.15) is 5.10 Å². The Bertz CT molecular complexity index is 1530. The number of hydrogen-bond acceptors (Lipinski definition) is 7. The number of carbonyl (C=O) groups excluding carboxylic acids is 3. The van der Waals surface area contributed by atoms with Crippen LogP contribution in [0.3, 0.4) is 0 Å². The zero-order chi connectivity index (χ0) is 29.2. The highest BCUT2D eigenvalue weighted by Crippen LogP contribution is 2.29. The van der Waals surface area contributed by atoms with E-state index in [1.807, 2.05) is 0 Å². The molecular formula is C27H30ClN5O6S. The molecule has 0 saturated carbocycles. The molecule has 1 aliphatic heterocycles. The van der Waals surface area contributed by atoms with E-state index >= 15 is 0 Å². The summed E-state index contributed by atoms with van der Waals surface area (Å²) in [7, 11) is -3.97. The van der Waals surface area contributed by atoms with Gasteiger partial charge in [0.2, 0.25) is 15.9 Å². The number of aromatic nitrogens is 2. The third kappa shape index (κ3) is 6.62. The number of carbonyl (C=O) groups is 3. The number of amides is 3. The Morgan fingerprint density at radius 3 is 2.45 bits per heavy atom. The van der Waals surface area contributed by atoms with E-state index in [0.717, 1.165) is 6.26 Å². The molecule has 3 amide bonds. The van der Waals surface area contributed by atoms with Gasteiger partial charge in [-0.05, 0) is 56.7 Å². The third-order valence-electron chi connectivity index (χ3n) is 6.06. The van der Waals surface area contributed by atoms with Crippen LogP contribution < -0.4 is 4.90 Å². The summed E-state index contributed by atoms with van der Waals surface area (Å²) in [5.41, 5.74) is 1.18. The lowest BCUT2D eigenvalue weighted by molar-refractivity contribution is -0.130. The molecule has 0 atom stereocenters. The van der Waals surface area contributed by atoms with Crippen molar-refractivity contribution in [1.82, 2.24) is 19.0 Å². The summed E-state index contributed by atoms with van der Waals surface area (Å²) in [6.45, 7) is 4.28. The van der Waals surface area contributed by atoms with Gasteiger partial charge in [-0.15, -0.1) is 0 Å². The maximum absolute atomic E-state index is 13.7.